The van der Waals surface area contributed by atoms with E-state index < -0.39 is 4.92 Å². The summed E-state index contributed by atoms with van der Waals surface area (Å²) in [5, 5.41) is 21.5. The van der Waals surface area contributed by atoms with E-state index in [1.54, 1.807) is 12.1 Å². The maximum absolute atomic E-state index is 10.5. The Morgan fingerprint density at radius 1 is 1.39 bits per heavy atom. The van der Waals surface area contributed by atoms with E-state index in [2.05, 4.69) is 15.5 Å². The van der Waals surface area contributed by atoms with Crippen molar-refractivity contribution in [1.82, 2.24) is 20.2 Å². The van der Waals surface area contributed by atoms with Gasteiger partial charge in [-0.05, 0) is 22.9 Å². The maximum Gasteiger partial charge on any atom is 0.335 e. The van der Waals surface area contributed by atoms with Crippen LogP contribution in [0.4, 0.5) is 5.69 Å². The molecule has 2 rings (SSSR count). The first-order valence-electron chi connectivity index (χ1n) is 5.33. The molecular formula is C10H11N5O3. The summed E-state index contributed by atoms with van der Waals surface area (Å²) < 4.78 is 6.72. The van der Waals surface area contributed by atoms with Crippen molar-refractivity contribution in [1.29, 1.82) is 0 Å². The smallest absolute Gasteiger partial charge is 0.335 e. The molecule has 1 aromatic carbocycles. The fourth-order valence-corrected chi connectivity index (χ4v) is 1.42. The highest BCUT2D eigenvalue weighted by Gasteiger charge is 2.08. The summed E-state index contributed by atoms with van der Waals surface area (Å²) in [5.74, 6) is 0. The Morgan fingerprint density at radius 2 is 2.11 bits per heavy atom. The average Bonchev–Trinajstić information content (AvgIpc) is 2.78. The summed E-state index contributed by atoms with van der Waals surface area (Å²) in [6, 6.07) is 6.54. The Balaban J connectivity index is 2.13. The van der Waals surface area contributed by atoms with Crippen LogP contribution in [-0.4, -0.2) is 31.7 Å². The van der Waals surface area contributed by atoms with Gasteiger partial charge in [-0.25, -0.2) is 0 Å². The molecule has 1 aromatic heterocycles. The normalized spacial score (nSPS) is 10.3. The summed E-state index contributed by atoms with van der Waals surface area (Å²) in [5.41, 5.74) is 0.911. The molecule has 0 bridgehead atoms. The van der Waals surface area contributed by atoms with Crippen molar-refractivity contribution < 1.29 is 9.66 Å². The molecule has 0 atom stereocenters. The molecule has 0 fully saturated rings. The molecule has 0 radical (unpaired) electrons. The Bertz CT molecular complexity index is 537. The summed E-state index contributed by atoms with van der Waals surface area (Å²) in [6.07, 6.45) is 0. The predicted octanol–water partition coefficient (Wildman–Crippen LogP) is 1.03. The molecule has 0 aliphatic heterocycles. The second-order valence-electron chi connectivity index (χ2n) is 3.48. The Morgan fingerprint density at radius 3 is 2.72 bits per heavy atom. The van der Waals surface area contributed by atoms with E-state index in [1.165, 1.54) is 16.8 Å². The molecular weight excluding hydrogens is 238 g/mol. The van der Waals surface area contributed by atoms with Gasteiger partial charge in [0.15, 0.2) is 0 Å². The lowest BCUT2D eigenvalue weighted by Gasteiger charge is -2.04. The minimum Gasteiger partial charge on any atom is -0.463 e. The van der Waals surface area contributed by atoms with Crippen LogP contribution in [-0.2, 0) is 6.54 Å². The van der Waals surface area contributed by atoms with Crippen LogP contribution in [0.3, 0.4) is 0 Å². The van der Waals surface area contributed by atoms with Crippen molar-refractivity contribution in [2.24, 2.45) is 0 Å². The SMILES string of the molecule is CCOc1nnnn1Cc1ccc([N+](=O)[O-])cc1. The van der Waals surface area contributed by atoms with E-state index in [9.17, 15) is 10.1 Å². The highest BCUT2D eigenvalue weighted by Crippen LogP contribution is 2.14. The lowest BCUT2D eigenvalue weighted by Crippen LogP contribution is -2.06. The van der Waals surface area contributed by atoms with Crippen LogP contribution in [0.1, 0.15) is 12.5 Å². The van der Waals surface area contributed by atoms with Gasteiger partial charge in [0.05, 0.1) is 18.1 Å². The first-order valence-corrected chi connectivity index (χ1v) is 5.33. The zero-order chi connectivity index (χ0) is 13.0. The molecule has 0 aliphatic rings. The third-order valence-electron chi connectivity index (χ3n) is 2.25. The largest absolute Gasteiger partial charge is 0.463 e. The molecule has 0 amide bonds. The third kappa shape index (κ3) is 2.59. The van der Waals surface area contributed by atoms with Crippen LogP contribution in [0.25, 0.3) is 0 Å². The minimum absolute atomic E-state index is 0.0560. The van der Waals surface area contributed by atoms with Crippen molar-refractivity contribution in [3.63, 3.8) is 0 Å². The van der Waals surface area contributed by atoms with E-state index in [1.807, 2.05) is 6.92 Å². The topological polar surface area (TPSA) is 96.0 Å². The summed E-state index contributed by atoms with van der Waals surface area (Å²) in [4.78, 5) is 10.1. The van der Waals surface area contributed by atoms with Crippen molar-refractivity contribution in [2.75, 3.05) is 6.61 Å². The zero-order valence-corrected chi connectivity index (χ0v) is 9.68. The molecule has 8 nitrogen and oxygen atoms in total. The van der Waals surface area contributed by atoms with Gasteiger partial charge in [0.2, 0.25) is 0 Å². The number of tetrazole rings is 1. The van der Waals surface area contributed by atoms with Crippen molar-refractivity contribution >= 4 is 5.69 Å². The number of hydrogen-bond acceptors (Lipinski definition) is 6. The van der Waals surface area contributed by atoms with Crippen LogP contribution < -0.4 is 4.74 Å². The number of nitro benzene ring substituents is 1. The van der Waals surface area contributed by atoms with Crippen LogP contribution in [0, 0.1) is 10.1 Å². The highest BCUT2D eigenvalue weighted by atomic mass is 16.6. The minimum atomic E-state index is -0.438. The van der Waals surface area contributed by atoms with Crippen LogP contribution in [0.2, 0.25) is 0 Å². The number of nitrogens with zero attached hydrogens (tertiary/aromatic N) is 5. The second kappa shape index (κ2) is 5.21. The molecule has 94 valence electrons. The van der Waals surface area contributed by atoms with Crippen molar-refractivity contribution in [3.8, 4) is 6.01 Å². The Labute approximate surface area is 102 Å². The fraction of sp³-hybridized carbons (Fsp3) is 0.300. The van der Waals surface area contributed by atoms with Crippen molar-refractivity contribution in [2.45, 2.75) is 13.5 Å². The van der Waals surface area contributed by atoms with Crippen molar-refractivity contribution in [3.05, 3.63) is 39.9 Å². The molecule has 0 N–H and O–H groups in total. The van der Waals surface area contributed by atoms with Gasteiger partial charge in [-0.2, -0.15) is 4.68 Å². The van der Waals surface area contributed by atoms with Gasteiger partial charge in [0.1, 0.15) is 0 Å². The van der Waals surface area contributed by atoms with E-state index in [-0.39, 0.29) is 5.69 Å². The van der Waals surface area contributed by atoms with E-state index in [0.717, 1.165) is 5.56 Å². The quantitative estimate of drug-likeness (QED) is 0.580. The van der Waals surface area contributed by atoms with E-state index >= 15 is 0 Å². The lowest BCUT2D eigenvalue weighted by atomic mass is 10.2. The van der Waals surface area contributed by atoms with Gasteiger partial charge in [0, 0.05) is 12.1 Å². The number of hydrogen-bond donors (Lipinski definition) is 0. The fourth-order valence-electron chi connectivity index (χ4n) is 1.42. The third-order valence-corrected chi connectivity index (χ3v) is 2.25. The molecule has 0 saturated heterocycles. The van der Waals surface area contributed by atoms with Gasteiger partial charge in [-0.15, -0.1) is 0 Å². The molecule has 18 heavy (non-hydrogen) atoms. The standard InChI is InChI=1S/C10H11N5O3/c1-2-18-10-11-12-13-14(10)7-8-3-5-9(6-4-8)15(16)17/h3-6H,2,7H2,1H3. The summed E-state index contributed by atoms with van der Waals surface area (Å²) >= 11 is 0. The van der Waals surface area contributed by atoms with Gasteiger partial charge in [-0.3, -0.25) is 10.1 Å². The molecule has 2 aromatic rings. The monoisotopic (exact) mass is 249 g/mol. The number of ether oxygens (including phenoxy) is 1. The Kier molecular flexibility index (Phi) is 3.46. The highest BCUT2D eigenvalue weighted by molar-refractivity contribution is 5.32. The molecule has 0 unspecified atom stereocenters. The molecule has 0 spiro atoms. The van der Waals surface area contributed by atoms with Gasteiger partial charge >= 0.3 is 6.01 Å². The molecule has 0 aliphatic carbocycles. The average molecular weight is 249 g/mol. The van der Waals surface area contributed by atoms with Gasteiger partial charge < -0.3 is 4.74 Å². The first kappa shape index (κ1) is 12.0. The van der Waals surface area contributed by atoms with Gasteiger partial charge in [-0.1, -0.05) is 17.2 Å². The number of rotatable bonds is 5. The van der Waals surface area contributed by atoms with Gasteiger partial charge in [0.25, 0.3) is 5.69 Å². The number of benzene rings is 1. The first-order chi connectivity index (χ1) is 8.70. The zero-order valence-electron chi connectivity index (χ0n) is 9.68. The summed E-state index contributed by atoms with van der Waals surface area (Å²) in [7, 11) is 0. The van der Waals surface area contributed by atoms with Crippen LogP contribution in [0.5, 0.6) is 6.01 Å². The maximum atomic E-state index is 10.5. The lowest BCUT2D eigenvalue weighted by molar-refractivity contribution is -0.384. The molecule has 1 heterocycles. The van der Waals surface area contributed by atoms with Crippen LogP contribution in [0.15, 0.2) is 24.3 Å². The molecule has 8 heteroatoms. The van der Waals surface area contributed by atoms with E-state index in [4.69, 9.17) is 4.74 Å². The number of non-ortho nitro benzene ring substituents is 1. The molecule has 0 saturated carbocycles. The van der Waals surface area contributed by atoms with E-state index in [0.29, 0.717) is 19.2 Å². The summed E-state index contributed by atoms with van der Waals surface area (Å²) in [6.45, 7) is 2.71. The second-order valence-corrected chi connectivity index (χ2v) is 3.48. The number of aromatic nitrogens is 4. The van der Waals surface area contributed by atoms with Crippen LogP contribution >= 0.6 is 0 Å². The predicted molar refractivity (Wildman–Crippen MR) is 61.2 cm³/mol. The number of nitro groups is 1. The Hall–Kier alpha value is -2.51.